The Bertz CT molecular complexity index is 1780. The van der Waals surface area contributed by atoms with Crippen LogP contribution in [0.1, 0.15) is 49.5 Å². The number of benzene rings is 2. The molecule has 0 radical (unpaired) electrons. The summed E-state index contributed by atoms with van der Waals surface area (Å²) in [6.45, 7) is 7.12. The topological polar surface area (TPSA) is 119 Å². The maximum Gasteiger partial charge on any atom is 0.410 e. The number of halogens is 3. The summed E-state index contributed by atoms with van der Waals surface area (Å²) in [6, 6.07) is 11.2. The fourth-order valence-corrected chi connectivity index (χ4v) is 4.98. The monoisotopic (exact) mass is 634 g/mol. The summed E-state index contributed by atoms with van der Waals surface area (Å²) < 4.78 is 47.5. The van der Waals surface area contributed by atoms with Crippen LogP contribution in [0.2, 0.25) is 0 Å². The Balaban J connectivity index is 1.19. The van der Waals surface area contributed by atoms with Gasteiger partial charge in [0.15, 0.2) is 23.3 Å². The number of aromatic nitrogens is 4. The van der Waals surface area contributed by atoms with Gasteiger partial charge in [0.1, 0.15) is 5.60 Å². The largest absolute Gasteiger partial charge is 0.444 e. The average molecular weight is 635 g/mol. The first-order valence-electron chi connectivity index (χ1n) is 14.8. The van der Waals surface area contributed by atoms with Crippen LogP contribution in [-0.2, 0) is 11.3 Å². The molecule has 0 unspecified atom stereocenters. The van der Waals surface area contributed by atoms with Crippen molar-refractivity contribution in [2.24, 2.45) is 5.92 Å². The fourth-order valence-electron chi connectivity index (χ4n) is 4.98. The summed E-state index contributed by atoms with van der Waals surface area (Å²) in [4.78, 5) is 47.9. The van der Waals surface area contributed by atoms with E-state index < -0.39 is 28.6 Å². The number of likely N-dealkylation sites (tertiary alicyclic amines) is 1. The minimum atomic E-state index is -1.58. The lowest BCUT2D eigenvalue weighted by molar-refractivity contribution is 0.0183. The number of hydrogen-bond donors (Lipinski definition) is 1. The molecule has 0 atom stereocenters. The van der Waals surface area contributed by atoms with Gasteiger partial charge in [-0.25, -0.2) is 32.6 Å². The lowest BCUT2D eigenvalue weighted by Crippen LogP contribution is -2.43. The van der Waals surface area contributed by atoms with Gasteiger partial charge in [-0.2, -0.15) is 5.10 Å². The molecule has 5 rings (SSSR count). The molecule has 13 heteroatoms. The van der Waals surface area contributed by atoms with Crippen molar-refractivity contribution in [1.29, 1.82) is 0 Å². The molecule has 0 bridgehead atoms. The Morgan fingerprint density at radius 1 is 0.957 bits per heavy atom. The van der Waals surface area contributed by atoms with E-state index in [1.165, 1.54) is 24.5 Å². The lowest BCUT2D eigenvalue weighted by atomic mass is 9.97. The zero-order valence-electron chi connectivity index (χ0n) is 25.6. The highest BCUT2D eigenvalue weighted by Crippen LogP contribution is 2.23. The first kappa shape index (κ1) is 32.3. The summed E-state index contributed by atoms with van der Waals surface area (Å²) >= 11 is 0. The smallest absolute Gasteiger partial charge is 0.410 e. The number of carbonyl (C=O) groups is 2. The van der Waals surface area contributed by atoms with E-state index in [1.54, 1.807) is 29.2 Å². The molecule has 10 nitrogen and oxygen atoms in total. The van der Waals surface area contributed by atoms with Gasteiger partial charge >= 0.3 is 6.09 Å². The third kappa shape index (κ3) is 7.95. The van der Waals surface area contributed by atoms with Crippen molar-refractivity contribution in [3.05, 3.63) is 99.9 Å². The van der Waals surface area contributed by atoms with E-state index in [4.69, 9.17) is 4.74 Å². The second-order valence-electron chi connectivity index (χ2n) is 12.1. The SMILES string of the molecule is CC(C)(C)OC(=O)N1CCC(CNC(=O)c2cnc(-c3cccc(Cn4nc(-c5cc(F)c(F)c(F)c5)ccc4=O)c3)nc2)CC1. The van der Waals surface area contributed by atoms with Gasteiger partial charge in [-0.05, 0) is 69.4 Å². The van der Waals surface area contributed by atoms with E-state index in [0.29, 0.717) is 42.1 Å². The van der Waals surface area contributed by atoms with Gasteiger partial charge in [-0.3, -0.25) is 9.59 Å². The molecule has 1 fully saturated rings. The van der Waals surface area contributed by atoms with E-state index in [-0.39, 0.29) is 35.7 Å². The van der Waals surface area contributed by atoms with Gasteiger partial charge in [0, 0.05) is 49.2 Å². The molecule has 1 aliphatic heterocycles. The molecule has 3 heterocycles. The molecule has 2 aromatic carbocycles. The molecule has 46 heavy (non-hydrogen) atoms. The van der Waals surface area contributed by atoms with Crippen molar-refractivity contribution in [2.75, 3.05) is 19.6 Å². The summed E-state index contributed by atoms with van der Waals surface area (Å²) in [7, 11) is 0. The summed E-state index contributed by atoms with van der Waals surface area (Å²) in [5, 5.41) is 7.13. The van der Waals surface area contributed by atoms with Crippen LogP contribution in [0.4, 0.5) is 18.0 Å². The van der Waals surface area contributed by atoms with Gasteiger partial charge in [0.05, 0.1) is 17.8 Å². The fraction of sp³-hybridized carbons (Fsp3) is 0.333. The maximum atomic E-state index is 13.8. The predicted octanol–water partition coefficient (Wildman–Crippen LogP) is 5.21. The van der Waals surface area contributed by atoms with Crippen LogP contribution in [0.5, 0.6) is 0 Å². The Hall–Kier alpha value is -5.07. The van der Waals surface area contributed by atoms with Gasteiger partial charge in [-0.15, -0.1) is 0 Å². The first-order chi connectivity index (χ1) is 21.9. The van der Waals surface area contributed by atoms with Crippen molar-refractivity contribution in [3.8, 4) is 22.6 Å². The molecular weight excluding hydrogens is 601 g/mol. The van der Waals surface area contributed by atoms with Crippen molar-refractivity contribution in [3.63, 3.8) is 0 Å². The number of piperidine rings is 1. The van der Waals surface area contributed by atoms with E-state index in [1.807, 2.05) is 20.8 Å². The van der Waals surface area contributed by atoms with Crippen LogP contribution in [-0.4, -0.2) is 61.9 Å². The molecule has 1 saturated heterocycles. The second kappa shape index (κ2) is 13.5. The normalized spacial score (nSPS) is 13.8. The molecule has 1 aliphatic rings. The van der Waals surface area contributed by atoms with Gasteiger partial charge in [-0.1, -0.05) is 18.2 Å². The quantitative estimate of drug-likeness (QED) is 0.277. The molecular formula is C33H33F3N6O4. The minimum absolute atomic E-state index is 0.0139. The van der Waals surface area contributed by atoms with E-state index in [2.05, 4.69) is 20.4 Å². The van der Waals surface area contributed by atoms with E-state index >= 15 is 0 Å². The molecule has 1 N–H and O–H groups in total. The zero-order valence-corrected chi connectivity index (χ0v) is 25.6. The average Bonchev–Trinajstić information content (AvgIpc) is 3.03. The standard InChI is InChI=1S/C33H33F3N6O4/c1-33(2,3)46-32(45)41-11-9-20(10-12-41)16-39-31(44)24-17-37-30(38-18-24)22-6-4-5-21(13-22)19-42-28(43)8-7-27(40-42)23-14-25(34)29(36)26(35)15-23/h4-8,13-15,17-18,20H,9-12,16,19H2,1-3H3,(H,39,44). The maximum absolute atomic E-state index is 13.8. The number of rotatable bonds is 7. The Morgan fingerprint density at radius 2 is 1.63 bits per heavy atom. The Kier molecular flexibility index (Phi) is 9.49. The Morgan fingerprint density at radius 3 is 2.28 bits per heavy atom. The van der Waals surface area contributed by atoms with Gasteiger partial charge in [0.2, 0.25) is 0 Å². The molecule has 2 amide bonds. The molecule has 0 aliphatic carbocycles. The number of ether oxygens (including phenoxy) is 1. The first-order valence-corrected chi connectivity index (χ1v) is 14.8. The highest BCUT2D eigenvalue weighted by Gasteiger charge is 2.27. The highest BCUT2D eigenvalue weighted by molar-refractivity contribution is 5.93. The lowest BCUT2D eigenvalue weighted by Gasteiger charge is -2.33. The van der Waals surface area contributed by atoms with Crippen LogP contribution in [0.3, 0.4) is 0 Å². The second-order valence-corrected chi connectivity index (χ2v) is 12.1. The minimum Gasteiger partial charge on any atom is -0.444 e. The number of nitrogens with zero attached hydrogens (tertiary/aromatic N) is 5. The van der Waals surface area contributed by atoms with Crippen LogP contribution < -0.4 is 10.9 Å². The predicted molar refractivity (Wildman–Crippen MR) is 163 cm³/mol. The van der Waals surface area contributed by atoms with Crippen molar-refractivity contribution >= 4 is 12.0 Å². The number of carbonyl (C=O) groups excluding carboxylic acids is 2. The van der Waals surface area contributed by atoms with Crippen molar-refractivity contribution in [2.45, 2.75) is 45.8 Å². The third-order valence-corrected chi connectivity index (χ3v) is 7.40. The molecule has 4 aromatic rings. The molecule has 2 aromatic heterocycles. The third-order valence-electron chi connectivity index (χ3n) is 7.40. The van der Waals surface area contributed by atoms with Crippen molar-refractivity contribution in [1.82, 2.24) is 30.0 Å². The summed E-state index contributed by atoms with van der Waals surface area (Å²) in [5.41, 5.74) is 0.687. The summed E-state index contributed by atoms with van der Waals surface area (Å²) in [5.74, 6) is -4.02. The van der Waals surface area contributed by atoms with Gasteiger partial charge < -0.3 is 15.0 Å². The molecule has 240 valence electrons. The van der Waals surface area contributed by atoms with E-state index in [0.717, 1.165) is 29.7 Å². The van der Waals surface area contributed by atoms with Crippen molar-refractivity contribution < 1.29 is 27.5 Å². The van der Waals surface area contributed by atoms with Crippen LogP contribution in [0, 0.1) is 23.4 Å². The molecule has 0 saturated carbocycles. The number of hydrogen-bond acceptors (Lipinski definition) is 7. The highest BCUT2D eigenvalue weighted by atomic mass is 19.2. The van der Waals surface area contributed by atoms with Crippen LogP contribution in [0.25, 0.3) is 22.6 Å². The summed E-state index contributed by atoms with van der Waals surface area (Å²) in [6.07, 6.45) is 4.05. The number of nitrogens with one attached hydrogen (secondary N) is 1. The molecule has 0 spiro atoms. The number of amides is 2. The zero-order chi connectivity index (χ0) is 33.0. The van der Waals surface area contributed by atoms with Crippen LogP contribution >= 0.6 is 0 Å². The van der Waals surface area contributed by atoms with Gasteiger partial charge in [0.25, 0.3) is 11.5 Å². The van der Waals surface area contributed by atoms with E-state index in [9.17, 15) is 27.6 Å². The van der Waals surface area contributed by atoms with Crippen LogP contribution in [0.15, 0.2) is 65.7 Å². The Labute approximate surface area is 263 Å².